The first kappa shape index (κ1) is 11.9. The number of benzene rings is 1. The van der Waals surface area contributed by atoms with Crippen LogP contribution in [0.4, 0.5) is 5.69 Å². The molecule has 2 nitrogen and oxygen atoms in total. The molecule has 78 valence electrons. The van der Waals surface area contributed by atoms with Gasteiger partial charge in [-0.2, -0.15) is 11.8 Å². The zero-order valence-electron chi connectivity index (χ0n) is 8.03. The Hall–Kier alpha value is -0.190. The van der Waals surface area contributed by atoms with Gasteiger partial charge in [0.2, 0.25) is 0 Å². The number of halogens is 1. The topological polar surface area (TPSA) is 46.2 Å². The fourth-order valence-corrected chi connectivity index (χ4v) is 1.98. The summed E-state index contributed by atoms with van der Waals surface area (Å²) < 4.78 is 0.932. The Balaban J connectivity index is 2.55. The van der Waals surface area contributed by atoms with Gasteiger partial charge in [0.15, 0.2) is 0 Å². The number of thioether (sulfide) groups is 1. The molecular weight excluding hydrogens is 262 g/mol. The van der Waals surface area contributed by atoms with Gasteiger partial charge in [-0.3, -0.25) is 0 Å². The molecule has 0 aliphatic carbocycles. The van der Waals surface area contributed by atoms with E-state index in [1.54, 1.807) is 11.8 Å². The molecule has 0 bridgehead atoms. The van der Waals surface area contributed by atoms with Crippen LogP contribution in [-0.4, -0.2) is 17.0 Å². The van der Waals surface area contributed by atoms with Crippen molar-refractivity contribution in [3.05, 3.63) is 28.2 Å². The van der Waals surface area contributed by atoms with Gasteiger partial charge in [0, 0.05) is 21.2 Å². The number of anilines is 1. The fourth-order valence-electron chi connectivity index (χ4n) is 0.974. The Morgan fingerprint density at radius 1 is 1.57 bits per heavy atom. The summed E-state index contributed by atoms with van der Waals surface area (Å²) in [6, 6.07) is 5.95. The second-order valence-corrected chi connectivity index (χ2v) is 5.44. The molecule has 1 aromatic rings. The van der Waals surface area contributed by atoms with Gasteiger partial charge in [0.25, 0.3) is 0 Å². The number of nitrogen functional groups attached to an aromatic ring is 1. The minimum atomic E-state index is 0.219. The summed E-state index contributed by atoms with van der Waals surface area (Å²) in [5.41, 5.74) is 7.71. The largest absolute Gasteiger partial charge is 0.398 e. The number of hydrogen-bond acceptors (Lipinski definition) is 3. The molecule has 0 aromatic heterocycles. The highest BCUT2D eigenvalue weighted by atomic mass is 79.9. The van der Waals surface area contributed by atoms with E-state index in [1.165, 1.54) is 5.56 Å². The van der Waals surface area contributed by atoms with Gasteiger partial charge in [0.05, 0.1) is 6.61 Å². The van der Waals surface area contributed by atoms with Crippen molar-refractivity contribution < 1.29 is 5.11 Å². The molecule has 1 aromatic carbocycles. The summed E-state index contributed by atoms with van der Waals surface area (Å²) in [5, 5.41) is 9.14. The third-order valence-corrected chi connectivity index (χ3v) is 3.79. The molecule has 0 heterocycles. The molecule has 0 saturated carbocycles. The number of aliphatic hydroxyl groups excluding tert-OH is 1. The molecule has 0 fully saturated rings. The van der Waals surface area contributed by atoms with Crippen LogP contribution in [0, 0.1) is 0 Å². The second-order valence-electron chi connectivity index (χ2n) is 3.16. The lowest BCUT2D eigenvalue weighted by molar-refractivity contribution is 0.300. The van der Waals surface area contributed by atoms with E-state index in [-0.39, 0.29) is 11.9 Å². The summed E-state index contributed by atoms with van der Waals surface area (Å²) in [4.78, 5) is 0. The van der Waals surface area contributed by atoms with Gasteiger partial charge in [-0.05, 0) is 33.6 Å². The van der Waals surface area contributed by atoms with Crippen molar-refractivity contribution in [1.82, 2.24) is 0 Å². The van der Waals surface area contributed by atoms with Crippen molar-refractivity contribution in [2.75, 3.05) is 12.3 Å². The van der Waals surface area contributed by atoms with Crippen LogP contribution in [0.1, 0.15) is 12.5 Å². The van der Waals surface area contributed by atoms with E-state index in [4.69, 9.17) is 10.8 Å². The molecule has 3 N–H and O–H groups in total. The molecule has 0 saturated heterocycles. The van der Waals surface area contributed by atoms with Crippen molar-refractivity contribution in [3.8, 4) is 0 Å². The van der Waals surface area contributed by atoms with E-state index in [0.29, 0.717) is 0 Å². The first-order valence-electron chi connectivity index (χ1n) is 4.40. The van der Waals surface area contributed by atoms with Crippen LogP contribution < -0.4 is 5.73 Å². The highest BCUT2D eigenvalue weighted by Crippen LogP contribution is 2.24. The van der Waals surface area contributed by atoms with E-state index in [1.807, 2.05) is 25.1 Å². The van der Waals surface area contributed by atoms with E-state index < -0.39 is 0 Å². The standard InChI is InChI=1S/C10H14BrNOS/c1-7(5-13)14-6-8-2-3-9(11)10(12)4-8/h2-4,7,13H,5-6,12H2,1H3. The van der Waals surface area contributed by atoms with Crippen LogP contribution >= 0.6 is 27.7 Å². The van der Waals surface area contributed by atoms with E-state index in [0.717, 1.165) is 15.9 Å². The number of nitrogens with two attached hydrogens (primary N) is 1. The number of rotatable bonds is 4. The minimum Gasteiger partial charge on any atom is -0.398 e. The average Bonchev–Trinajstić information content (AvgIpc) is 2.19. The molecule has 1 atom stereocenters. The quantitative estimate of drug-likeness (QED) is 0.831. The summed E-state index contributed by atoms with van der Waals surface area (Å²) in [6.07, 6.45) is 0. The Bertz CT molecular complexity index is 306. The first-order valence-corrected chi connectivity index (χ1v) is 6.24. The van der Waals surface area contributed by atoms with Crippen molar-refractivity contribution >= 4 is 33.4 Å². The molecule has 1 unspecified atom stereocenters. The summed E-state index contributed by atoms with van der Waals surface area (Å²) in [6.45, 7) is 2.23. The van der Waals surface area contributed by atoms with Crippen LogP contribution in [0.5, 0.6) is 0 Å². The van der Waals surface area contributed by atoms with Crippen molar-refractivity contribution in [1.29, 1.82) is 0 Å². The lowest BCUT2D eigenvalue weighted by atomic mass is 10.2. The van der Waals surface area contributed by atoms with Crippen LogP contribution in [0.15, 0.2) is 22.7 Å². The van der Waals surface area contributed by atoms with Crippen molar-refractivity contribution in [3.63, 3.8) is 0 Å². The van der Waals surface area contributed by atoms with Crippen LogP contribution in [0.3, 0.4) is 0 Å². The highest BCUT2D eigenvalue weighted by molar-refractivity contribution is 9.10. The third-order valence-electron chi connectivity index (χ3n) is 1.85. The normalized spacial score (nSPS) is 12.8. The van der Waals surface area contributed by atoms with Gasteiger partial charge in [-0.1, -0.05) is 13.0 Å². The Kier molecular flexibility index (Phi) is 4.78. The molecular formula is C10H14BrNOS. The lowest BCUT2D eigenvalue weighted by Gasteiger charge is -2.08. The average molecular weight is 276 g/mol. The predicted octanol–water partition coefficient (Wildman–Crippen LogP) is 2.65. The molecule has 4 heteroatoms. The zero-order chi connectivity index (χ0) is 10.6. The molecule has 1 rings (SSSR count). The molecule has 14 heavy (non-hydrogen) atoms. The smallest absolute Gasteiger partial charge is 0.0547 e. The molecule has 0 aliphatic heterocycles. The SMILES string of the molecule is CC(CO)SCc1ccc(Br)c(N)c1. The first-order chi connectivity index (χ1) is 6.63. The Morgan fingerprint density at radius 3 is 2.86 bits per heavy atom. The Labute approximate surface area is 97.0 Å². The number of aliphatic hydroxyl groups is 1. The lowest BCUT2D eigenvalue weighted by Crippen LogP contribution is -2.02. The maximum Gasteiger partial charge on any atom is 0.0547 e. The van der Waals surface area contributed by atoms with Gasteiger partial charge < -0.3 is 10.8 Å². The van der Waals surface area contributed by atoms with E-state index in [2.05, 4.69) is 15.9 Å². The third kappa shape index (κ3) is 3.52. The molecule has 0 amide bonds. The van der Waals surface area contributed by atoms with Crippen LogP contribution in [-0.2, 0) is 5.75 Å². The maximum atomic E-state index is 8.86. The fraction of sp³-hybridized carbons (Fsp3) is 0.400. The monoisotopic (exact) mass is 275 g/mol. The van der Waals surface area contributed by atoms with E-state index >= 15 is 0 Å². The predicted molar refractivity (Wildman–Crippen MR) is 66.4 cm³/mol. The van der Waals surface area contributed by atoms with Gasteiger partial charge in [-0.25, -0.2) is 0 Å². The highest BCUT2D eigenvalue weighted by Gasteiger charge is 2.02. The maximum absolute atomic E-state index is 8.86. The Morgan fingerprint density at radius 2 is 2.29 bits per heavy atom. The summed E-state index contributed by atoms with van der Waals surface area (Å²) in [7, 11) is 0. The number of hydrogen-bond donors (Lipinski definition) is 2. The van der Waals surface area contributed by atoms with Crippen molar-refractivity contribution in [2.45, 2.75) is 17.9 Å². The summed E-state index contributed by atoms with van der Waals surface area (Å²) in [5.74, 6) is 0.888. The minimum absolute atomic E-state index is 0.219. The zero-order valence-corrected chi connectivity index (χ0v) is 10.4. The molecule has 0 aliphatic rings. The summed E-state index contributed by atoms with van der Waals surface area (Å²) >= 11 is 5.07. The van der Waals surface area contributed by atoms with Crippen molar-refractivity contribution in [2.24, 2.45) is 0 Å². The van der Waals surface area contributed by atoms with Gasteiger partial charge >= 0.3 is 0 Å². The van der Waals surface area contributed by atoms with Gasteiger partial charge in [-0.15, -0.1) is 0 Å². The second kappa shape index (κ2) is 5.63. The molecule has 0 spiro atoms. The van der Waals surface area contributed by atoms with Crippen LogP contribution in [0.2, 0.25) is 0 Å². The molecule has 0 radical (unpaired) electrons. The van der Waals surface area contributed by atoms with Crippen LogP contribution in [0.25, 0.3) is 0 Å². The van der Waals surface area contributed by atoms with E-state index in [9.17, 15) is 0 Å². The van der Waals surface area contributed by atoms with Gasteiger partial charge in [0.1, 0.15) is 0 Å².